The standard InChI is InChI=1S/C15H31NOS.CH3NOS.Na.H/c1-3-5-7-9-11-13-16(15(17)18)14-12-10-8-6-4-2;2-1(3)4;;/h3-14H2,1-2H3,(H,17,18);(H3,2,3,4);;/q;;+1;-1. The van der Waals surface area contributed by atoms with Gasteiger partial charge in [-0.3, -0.25) is 9.59 Å². The minimum absolute atomic E-state index is 0. The van der Waals surface area contributed by atoms with Gasteiger partial charge in [-0.15, -0.1) is 0 Å². The molecule has 7 heteroatoms. The van der Waals surface area contributed by atoms with E-state index in [9.17, 15) is 4.79 Å². The molecule has 2 N–H and O–H groups in total. The van der Waals surface area contributed by atoms with Crippen molar-refractivity contribution in [2.75, 3.05) is 13.1 Å². The van der Waals surface area contributed by atoms with Gasteiger partial charge in [0.2, 0.25) is 0 Å². The molecule has 0 unspecified atom stereocenters. The second-order valence-corrected chi connectivity index (χ2v) is 6.26. The Morgan fingerprint density at radius 3 is 1.39 bits per heavy atom. The van der Waals surface area contributed by atoms with Crippen LogP contribution in [-0.2, 0) is 0 Å². The van der Waals surface area contributed by atoms with Crippen LogP contribution < -0.4 is 35.3 Å². The van der Waals surface area contributed by atoms with Crippen LogP contribution in [0.5, 0.6) is 0 Å². The van der Waals surface area contributed by atoms with Gasteiger partial charge in [-0.1, -0.05) is 90.5 Å². The van der Waals surface area contributed by atoms with E-state index in [1.165, 1.54) is 51.4 Å². The molecule has 0 fully saturated rings. The molecule has 0 aliphatic rings. The first-order chi connectivity index (χ1) is 10.5. The van der Waals surface area contributed by atoms with E-state index in [0.717, 1.165) is 25.9 Å². The normalized spacial score (nSPS) is 9.39. The van der Waals surface area contributed by atoms with Gasteiger partial charge in [0.05, 0.1) is 0 Å². The summed E-state index contributed by atoms with van der Waals surface area (Å²) in [7, 11) is 0. The summed E-state index contributed by atoms with van der Waals surface area (Å²) in [4.78, 5) is 22.4. The maximum absolute atomic E-state index is 11.4. The fraction of sp³-hybridized carbons (Fsp3) is 0.875. The number of hydrogen-bond acceptors (Lipinski definition) is 2. The summed E-state index contributed by atoms with van der Waals surface area (Å²) >= 11 is 7.07. The molecule has 0 aliphatic carbocycles. The van der Waals surface area contributed by atoms with E-state index in [2.05, 4.69) is 44.8 Å². The maximum Gasteiger partial charge on any atom is 1.00 e. The zero-order valence-electron chi connectivity index (χ0n) is 16.2. The zero-order valence-corrected chi connectivity index (χ0v) is 19.0. The number of thiol groups is 2. The molecule has 0 aromatic carbocycles. The molecule has 0 atom stereocenters. The molecule has 0 saturated carbocycles. The van der Waals surface area contributed by atoms with Crippen LogP contribution in [0.4, 0.5) is 9.59 Å². The minimum Gasteiger partial charge on any atom is -1.00 e. The van der Waals surface area contributed by atoms with Gasteiger partial charge in [0.15, 0.2) is 0 Å². The van der Waals surface area contributed by atoms with Gasteiger partial charge >= 0.3 is 29.6 Å². The fourth-order valence-corrected chi connectivity index (χ4v) is 2.32. The SMILES string of the molecule is CCCCCCCN(CCCCCCC)C(=O)S.NC(=O)S.[H-].[Na+]. The first kappa shape index (κ1) is 28.4. The number of carbonyl (C=O) groups excluding carboxylic acids is 2. The largest absolute Gasteiger partial charge is 1.00 e. The van der Waals surface area contributed by atoms with E-state index < -0.39 is 5.24 Å². The van der Waals surface area contributed by atoms with Gasteiger partial charge in [0.1, 0.15) is 0 Å². The molecular weight excluding hydrogens is 339 g/mol. The Labute approximate surface area is 177 Å². The van der Waals surface area contributed by atoms with Crippen molar-refractivity contribution in [1.82, 2.24) is 4.90 Å². The van der Waals surface area contributed by atoms with Gasteiger partial charge in [0, 0.05) is 13.1 Å². The van der Waals surface area contributed by atoms with Crippen LogP contribution in [0.2, 0.25) is 0 Å². The fourth-order valence-electron chi connectivity index (χ4n) is 2.12. The van der Waals surface area contributed by atoms with E-state index >= 15 is 0 Å². The Balaban J connectivity index is -0.000000298. The van der Waals surface area contributed by atoms with Crippen molar-refractivity contribution in [3.05, 3.63) is 0 Å². The monoisotopic (exact) mass is 374 g/mol. The van der Waals surface area contributed by atoms with Crippen molar-refractivity contribution < 1.29 is 40.6 Å². The second kappa shape index (κ2) is 22.6. The third-order valence-corrected chi connectivity index (χ3v) is 3.62. The Morgan fingerprint density at radius 2 is 1.13 bits per heavy atom. The van der Waals surface area contributed by atoms with Crippen LogP contribution in [0.1, 0.15) is 79.5 Å². The molecule has 0 aromatic heterocycles. The molecule has 2 amide bonds. The average molecular weight is 375 g/mol. The van der Waals surface area contributed by atoms with E-state index in [-0.39, 0.29) is 36.2 Å². The third kappa shape index (κ3) is 27.8. The van der Waals surface area contributed by atoms with Crippen LogP contribution in [0.15, 0.2) is 0 Å². The number of hydrogen-bond donors (Lipinski definition) is 3. The Bertz CT molecular complexity index is 271. The molecular formula is C16H35N2NaO2S2. The second-order valence-electron chi connectivity index (χ2n) is 5.44. The molecule has 0 radical (unpaired) electrons. The predicted octanol–water partition coefficient (Wildman–Crippen LogP) is 2.39. The van der Waals surface area contributed by atoms with Crippen molar-refractivity contribution in [2.24, 2.45) is 5.73 Å². The van der Waals surface area contributed by atoms with Crippen molar-refractivity contribution >= 4 is 35.7 Å². The first-order valence-electron chi connectivity index (χ1n) is 8.41. The van der Waals surface area contributed by atoms with Crippen LogP contribution in [0.3, 0.4) is 0 Å². The number of unbranched alkanes of at least 4 members (excludes halogenated alkanes) is 8. The third-order valence-electron chi connectivity index (χ3n) is 3.33. The summed E-state index contributed by atoms with van der Waals surface area (Å²) < 4.78 is 0. The van der Waals surface area contributed by atoms with Crippen molar-refractivity contribution in [2.45, 2.75) is 78.1 Å². The van der Waals surface area contributed by atoms with Gasteiger partial charge in [-0.2, -0.15) is 0 Å². The Morgan fingerprint density at radius 1 is 0.826 bits per heavy atom. The van der Waals surface area contributed by atoms with E-state index in [1.807, 2.05) is 4.90 Å². The number of primary amides is 1. The van der Waals surface area contributed by atoms with Gasteiger partial charge in [-0.05, 0) is 12.8 Å². The molecule has 134 valence electrons. The van der Waals surface area contributed by atoms with Crippen LogP contribution >= 0.6 is 25.3 Å². The van der Waals surface area contributed by atoms with E-state index in [0.29, 0.717) is 0 Å². The molecule has 23 heavy (non-hydrogen) atoms. The van der Waals surface area contributed by atoms with E-state index in [1.54, 1.807) is 0 Å². The molecule has 0 bridgehead atoms. The van der Waals surface area contributed by atoms with Crippen molar-refractivity contribution in [1.29, 1.82) is 0 Å². The summed E-state index contributed by atoms with van der Waals surface area (Å²) in [6, 6.07) is 0. The number of carbonyl (C=O) groups is 2. The molecule has 0 saturated heterocycles. The zero-order chi connectivity index (χ0) is 17.2. The Hall–Kier alpha value is 0.640. The summed E-state index contributed by atoms with van der Waals surface area (Å²) in [6.45, 7) is 6.22. The van der Waals surface area contributed by atoms with Crippen molar-refractivity contribution in [3.63, 3.8) is 0 Å². The van der Waals surface area contributed by atoms with Crippen molar-refractivity contribution in [3.8, 4) is 0 Å². The smallest absolute Gasteiger partial charge is 1.00 e. The van der Waals surface area contributed by atoms with E-state index in [4.69, 9.17) is 4.79 Å². The predicted molar refractivity (Wildman–Crippen MR) is 103 cm³/mol. The summed E-state index contributed by atoms with van der Waals surface area (Å²) in [5.74, 6) is 0. The Kier molecular flexibility index (Phi) is 28.0. The van der Waals surface area contributed by atoms with Gasteiger partial charge in [-0.25, -0.2) is 0 Å². The summed E-state index contributed by atoms with van der Waals surface area (Å²) in [5, 5.41) is -0.694. The molecule has 0 heterocycles. The van der Waals surface area contributed by atoms with Gasteiger partial charge in [0.25, 0.3) is 10.5 Å². The van der Waals surface area contributed by atoms with Crippen LogP contribution in [0, 0.1) is 0 Å². The number of nitrogens with zero attached hydrogens (tertiary/aromatic N) is 1. The number of rotatable bonds is 12. The molecule has 0 rings (SSSR count). The van der Waals surface area contributed by atoms with Crippen LogP contribution in [-0.4, -0.2) is 28.5 Å². The first-order valence-corrected chi connectivity index (χ1v) is 9.31. The summed E-state index contributed by atoms with van der Waals surface area (Å²) in [6.07, 6.45) is 12.5. The van der Waals surface area contributed by atoms with Crippen LogP contribution in [0.25, 0.3) is 0 Å². The average Bonchev–Trinajstić information content (AvgIpc) is 2.43. The minimum atomic E-state index is -0.639. The molecule has 0 aliphatic heterocycles. The number of amides is 2. The summed E-state index contributed by atoms with van der Waals surface area (Å²) in [5.41, 5.74) is 4.34. The quantitative estimate of drug-likeness (QED) is 0.279. The molecule has 0 aromatic rings. The number of nitrogens with two attached hydrogens (primary N) is 1. The molecule has 4 nitrogen and oxygen atoms in total. The molecule has 0 spiro atoms. The topological polar surface area (TPSA) is 63.4 Å². The van der Waals surface area contributed by atoms with Gasteiger partial charge < -0.3 is 12.1 Å². The maximum atomic E-state index is 11.4.